The Morgan fingerprint density at radius 1 is 0.317 bits per heavy atom. The van der Waals surface area contributed by atoms with Gasteiger partial charge in [0.25, 0.3) is 0 Å². The molecule has 3 heteroatoms. The van der Waals surface area contributed by atoms with Crippen LogP contribution in [0.2, 0.25) is 0 Å². The first kappa shape index (κ1) is 37.5. The summed E-state index contributed by atoms with van der Waals surface area (Å²) < 4.78 is 5.01. The SMILES string of the molecule is c1ccc(-c2cccc([Si](c3ccccc3)(c3ccccc3)c3cccc(-n4c5ccccc5c5ccc(-n6c7ccccc7c7cc(C8CCCCC8)ccc76)cc54)c3)c2)cc1. The lowest BCUT2D eigenvalue weighted by atomic mass is 9.84. The number of benzene rings is 9. The van der Waals surface area contributed by atoms with E-state index in [9.17, 15) is 0 Å². The van der Waals surface area contributed by atoms with E-state index in [-0.39, 0.29) is 0 Å². The molecule has 0 unspecified atom stereocenters. The van der Waals surface area contributed by atoms with Crippen molar-refractivity contribution < 1.29 is 0 Å². The second-order valence-corrected chi connectivity index (χ2v) is 21.3. The largest absolute Gasteiger partial charge is 0.309 e. The molecule has 0 spiro atoms. The standard InChI is InChI=1S/C60H48N2Si/c1-5-19-43(20-6-1)45-23-17-29-51(39-45)63(49-25-9-3-10-26-49,50-27-11-4-12-28-50)52-30-18-24-47(41-52)62-57-33-15-13-31-53(57)55-37-36-48(42-60(55)62)61-58-34-16-14-32-54(58)56-40-46(35-38-59(56)61)44-21-7-2-8-22-44/h1,3-6,9-20,23-42,44H,2,7-8,21-22H2. The van der Waals surface area contributed by atoms with Crippen molar-refractivity contribution in [2.45, 2.75) is 38.0 Å². The molecule has 1 aliphatic carbocycles. The van der Waals surface area contributed by atoms with Crippen molar-refractivity contribution in [2.24, 2.45) is 0 Å². The van der Waals surface area contributed by atoms with Crippen LogP contribution in [0.4, 0.5) is 0 Å². The monoisotopic (exact) mass is 824 g/mol. The van der Waals surface area contributed by atoms with Crippen molar-refractivity contribution in [1.82, 2.24) is 9.13 Å². The predicted octanol–water partition coefficient (Wildman–Crippen LogP) is 13.0. The molecule has 1 fully saturated rings. The zero-order chi connectivity index (χ0) is 41.7. The molecular formula is C60H48N2Si. The number of nitrogens with zero attached hydrogens (tertiary/aromatic N) is 2. The maximum Gasteiger partial charge on any atom is 0.179 e. The summed E-state index contributed by atoms with van der Waals surface area (Å²) in [4.78, 5) is 0. The van der Waals surface area contributed by atoms with Gasteiger partial charge in [-0.3, -0.25) is 0 Å². The molecule has 302 valence electrons. The molecule has 9 aromatic carbocycles. The summed E-state index contributed by atoms with van der Waals surface area (Å²) in [6, 6.07) is 84.6. The lowest BCUT2D eigenvalue weighted by Gasteiger charge is -2.35. The first-order chi connectivity index (χ1) is 31.3. The molecule has 0 radical (unpaired) electrons. The van der Waals surface area contributed by atoms with E-state index in [4.69, 9.17) is 0 Å². The first-order valence-corrected chi connectivity index (χ1v) is 24.7. The fraction of sp³-hybridized carbons (Fsp3) is 0.100. The van der Waals surface area contributed by atoms with E-state index in [2.05, 4.69) is 234 Å². The predicted molar refractivity (Wildman–Crippen MR) is 270 cm³/mol. The van der Waals surface area contributed by atoms with Gasteiger partial charge in [0.2, 0.25) is 0 Å². The summed E-state index contributed by atoms with van der Waals surface area (Å²) >= 11 is 0. The maximum absolute atomic E-state index is 2.89. The molecular weight excluding hydrogens is 777 g/mol. The lowest BCUT2D eigenvalue weighted by molar-refractivity contribution is 0.444. The van der Waals surface area contributed by atoms with E-state index in [1.807, 2.05) is 0 Å². The number of hydrogen-bond acceptors (Lipinski definition) is 0. The van der Waals surface area contributed by atoms with Gasteiger partial charge in [-0.25, -0.2) is 0 Å². The molecule has 2 nitrogen and oxygen atoms in total. The van der Waals surface area contributed by atoms with Crippen LogP contribution in [-0.2, 0) is 0 Å². The molecule has 0 bridgehead atoms. The number of rotatable bonds is 8. The molecule has 1 saturated carbocycles. The quantitative estimate of drug-likeness (QED) is 0.107. The van der Waals surface area contributed by atoms with Gasteiger partial charge in [-0.05, 0) is 105 Å². The summed E-state index contributed by atoms with van der Waals surface area (Å²) in [5.74, 6) is 0.659. The molecule has 11 aromatic rings. The molecule has 0 N–H and O–H groups in total. The third kappa shape index (κ3) is 6.21. The Kier molecular flexibility index (Phi) is 9.30. The number of aromatic nitrogens is 2. The third-order valence-electron chi connectivity index (χ3n) is 14.0. The van der Waals surface area contributed by atoms with E-state index in [0.29, 0.717) is 5.92 Å². The minimum atomic E-state index is -2.89. The van der Waals surface area contributed by atoms with Crippen LogP contribution >= 0.6 is 0 Å². The topological polar surface area (TPSA) is 9.86 Å². The Morgan fingerprint density at radius 3 is 1.52 bits per heavy atom. The maximum atomic E-state index is 2.52. The molecule has 1 aliphatic rings. The van der Waals surface area contributed by atoms with Crippen LogP contribution in [0.3, 0.4) is 0 Å². The van der Waals surface area contributed by atoms with Crippen molar-refractivity contribution in [2.75, 3.05) is 0 Å². The minimum Gasteiger partial charge on any atom is -0.309 e. The summed E-state index contributed by atoms with van der Waals surface area (Å²) in [5, 5.41) is 10.6. The molecule has 0 atom stereocenters. The van der Waals surface area contributed by atoms with Gasteiger partial charge in [-0.2, -0.15) is 0 Å². The Hall–Kier alpha value is -7.20. The van der Waals surface area contributed by atoms with Crippen LogP contribution in [0.5, 0.6) is 0 Å². The molecule has 0 aliphatic heterocycles. The van der Waals surface area contributed by atoms with E-state index in [1.54, 1.807) is 0 Å². The fourth-order valence-corrected chi connectivity index (χ4v) is 16.0. The van der Waals surface area contributed by atoms with Crippen LogP contribution in [-0.4, -0.2) is 17.2 Å². The average Bonchev–Trinajstić information content (AvgIpc) is 3.88. The highest BCUT2D eigenvalue weighted by molar-refractivity contribution is 7.20. The summed E-state index contributed by atoms with van der Waals surface area (Å²) in [6.45, 7) is 0. The zero-order valence-corrected chi connectivity index (χ0v) is 36.4. The number of hydrogen-bond donors (Lipinski definition) is 0. The smallest absolute Gasteiger partial charge is 0.179 e. The van der Waals surface area contributed by atoms with Crippen molar-refractivity contribution in [3.05, 3.63) is 230 Å². The second-order valence-electron chi connectivity index (χ2n) is 17.5. The van der Waals surface area contributed by atoms with Gasteiger partial charge in [-0.15, -0.1) is 0 Å². The normalized spacial score (nSPS) is 13.7. The van der Waals surface area contributed by atoms with Crippen LogP contribution in [0.1, 0.15) is 43.6 Å². The van der Waals surface area contributed by atoms with Gasteiger partial charge in [0.1, 0.15) is 0 Å². The highest BCUT2D eigenvalue weighted by Crippen LogP contribution is 2.40. The van der Waals surface area contributed by atoms with Gasteiger partial charge >= 0.3 is 0 Å². The minimum absolute atomic E-state index is 0.659. The molecule has 0 saturated heterocycles. The summed E-state index contributed by atoms with van der Waals surface area (Å²) in [7, 11) is -2.89. The van der Waals surface area contributed by atoms with Gasteiger partial charge < -0.3 is 9.13 Å². The van der Waals surface area contributed by atoms with E-state index < -0.39 is 8.07 Å². The van der Waals surface area contributed by atoms with E-state index >= 15 is 0 Å². The lowest BCUT2D eigenvalue weighted by Crippen LogP contribution is -2.74. The van der Waals surface area contributed by atoms with Crippen molar-refractivity contribution in [3.63, 3.8) is 0 Å². The van der Waals surface area contributed by atoms with Crippen molar-refractivity contribution in [1.29, 1.82) is 0 Å². The van der Waals surface area contributed by atoms with E-state index in [1.165, 1.54) is 119 Å². The highest BCUT2D eigenvalue weighted by atomic mass is 28.3. The highest BCUT2D eigenvalue weighted by Gasteiger charge is 2.42. The van der Waals surface area contributed by atoms with Gasteiger partial charge in [0, 0.05) is 32.9 Å². The van der Waals surface area contributed by atoms with E-state index in [0.717, 1.165) is 5.69 Å². The summed E-state index contributed by atoms with van der Waals surface area (Å²) in [5.41, 5.74) is 11.2. The molecule has 12 rings (SSSR count). The van der Waals surface area contributed by atoms with Crippen LogP contribution in [0.25, 0.3) is 66.1 Å². The molecule has 2 heterocycles. The molecule has 63 heavy (non-hydrogen) atoms. The van der Waals surface area contributed by atoms with Gasteiger partial charge in [0.05, 0.1) is 22.1 Å². The Balaban J connectivity index is 1.09. The average molecular weight is 825 g/mol. The second kappa shape index (κ2) is 15.6. The first-order valence-electron chi connectivity index (χ1n) is 22.7. The van der Waals surface area contributed by atoms with Gasteiger partial charge in [-0.1, -0.05) is 195 Å². The number of fused-ring (bicyclic) bond motifs is 6. The third-order valence-corrected chi connectivity index (χ3v) is 18.8. The van der Waals surface area contributed by atoms with Crippen LogP contribution in [0.15, 0.2) is 224 Å². The van der Waals surface area contributed by atoms with Crippen molar-refractivity contribution in [3.8, 4) is 22.5 Å². The number of para-hydroxylation sites is 2. The molecule has 2 aromatic heterocycles. The van der Waals surface area contributed by atoms with Crippen LogP contribution in [0, 0.1) is 0 Å². The summed E-state index contributed by atoms with van der Waals surface area (Å²) in [6.07, 6.45) is 6.64. The van der Waals surface area contributed by atoms with Gasteiger partial charge in [0.15, 0.2) is 8.07 Å². The van der Waals surface area contributed by atoms with Crippen LogP contribution < -0.4 is 20.7 Å². The zero-order valence-electron chi connectivity index (χ0n) is 35.4. The molecule has 0 amide bonds. The van der Waals surface area contributed by atoms with Crippen molar-refractivity contribution >= 4 is 72.4 Å². The fourth-order valence-electron chi connectivity index (χ4n) is 11.2. The Labute approximate surface area is 370 Å². The Bertz CT molecular complexity index is 3390. The Morgan fingerprint density at radius 2 is 0.825 bits per heavy atom.